The Morgan fingerprint density at radius 2 is 2.00 bits per heavy atom. The first-order valence-corrected chi connectivity index (χ1v) is 10.3. The summed E-state index contributed by atoms with van der Waals surface area (Å²) < 4.78 is 6.82. The summed E-state index contributed by atoms with van der Waals surface area (Å²) in [5.41, 5.74) is 1.56. The summed E-state index contributed by atoms with van der Waals surface area (Å²) >= 11 is 1.46. The molecule has 0 radical (unpaired) electrons. The van der Waals surface area contributed by atoms with Crippen molar-refractivity contribution in [2.75, 3.05) is 6.61 Å². The van der Waals surface area contributed by atoms with Crippen LogP contribution in [0.15, 0.2) is 65.7 Å². The maximum absolute atomic E-state index is 13.0. The summed E-state index contributed by atoms with van der Waals surface area (Å²) in [7, 11) is 0. The van der Waals surface area contributed by atoms with Crippen LogP contribution in [0.5, 0.6) is 5.75 Å². The van der Waals surface area contributed by atoms with Gasteiger partial charge < -0.3 is 9.84 Å². The van der Waals surface area contributed by atoms with Gasteiger partial charge in [-0.2, -0.15) is 0 Å². The molecule has 0 aliphatic rings. The van der Waals surface area contributed by atoms with Gasteiger partial charge in [-0.1, -0.05) is 36.4 Å². The fourth-order valence-electron chi connectivity index (χ4n) is 3.31. The zero-order chi connectivity index (χ0) is 22.0. The normalized spacial score (nSPS) is 12.1. The highest BCUT2D eigenvalue weighted by Gasteiger charge is 2.17. The van der Waals surface area contributed by atoms with E-state index in [1.165, 1.54) is 40.4 Å². The molecule has 1 N–H and O–H groups in total. The van der Waals surface area contributed by atoms with Crippen LogP contribution in [0.2, 0.25) is 0 Å². The van der Waals surface area contributed by atoms with E-state index in [0.29, 0.717) is 10.2 Å². The van der Waals surface area contributed by atoms with Gasteiger partial charge in [-0.05, 0) is 24.1 Å². The van der Waals surface area contributed by atoms with Crippen LogP contribution in [-0.2, 0) is 6.54 Å². The first-order chi connectivity index (χ1) is 14.9. The topological polar surface area (TPSA) is 107 Å². The van der Waals surface area contributed by atoms with Crippen LogP contribution in [0.25, 0.3) is 20.7 Å². The lowest BCUT2D eigenvalue weighted by Crippen LogP contribution is -2.30. The predicted octanol–water partition coefficient (Wildman–Crippen LogP) is 3.78. The summed E-state index contributed by atoms with van der Waals surface area (Å²) in [4.78, 5) is 29.4. The molecule has 2 aromatic heterocycles. The molecule has 4 rings (SSSR count). The van der Waals surface area contributed by atoms with Crippen LogP contribution >= 0.6 is 11.3 Å². The van der Waals surface area contributed by atoms with Crippen LogP contribution in [0.1, 0.15) is 5.56 Å². The lowest BCUT2D eigenvalue weighted by Gasteiger charge is -2.13. The van der Waals surface area contributed by atoms with Gasteiger partial charge in [0, 0.05) is 10.9 Å². The van der Waals surface area contributed by atoms with E-state index in [4.69, 9.17) is 4.74 Å². The Hall–Kier alpha value is -3.56. The molecule has 8 nitrogen and oxygen atoms in total. The Morgan fingerprint density at radius 3 is 2.74 bits per heavy atom. The molecule has 0 saturated heterocycles. The quantitative estimate of drug-likeness (QED) is 0.348. The summed E-state index contributed by atoms with van der Waals surface area (Å²) in [6.45, 7) is 1.77. The number of nitrogens with zero attached hydrogens (tertiary/aromatic N) is 3. The van der Waals surface area contributed by atoms with E-state index in [9.17, 15) is 20.0 Å². The highest BCUT2D eigenvalue weighted by molar-refractivity contribution is 7.22. The summed E-state index contributed by atoms with van der Waals surface area (Å²) in [6.07, 6.45) is 0.426. The van der Waals surface area contributed by atoms with E-state index < -0.39 is 11.0 Å². The van der Waals surface area contributed by atoms with E-state index in [0.717, 1.165) is 16.0 Å². The number of benzene rings is 2. The summed E-state index contributed by atoms with van der Waals surface area (Å²) in [6, 6.07) is 15.5. The third kappa shape index (κ3) is 4.32. The number of nitro benzene ring substituents is 1. The molecule has 31 heavy (non-hydrogen) atoms. The van der Waals surface area contributed by atoms with Crippen molar-refractivity contribution in [3.63, 3.8) is 0 Å². The van der Waals surface area contributed by atoms with Crippen molar-refractivity contribution in [1.82, 2.24) is 9.55 Å². The van der Waals surface area contributed by atoms with Crippen molar-refractivity contribution in [2.24, 2.45) is 0 Å². The zero-order valence-electron chi connectivity index (χ0n) is 16.6. The molecule has 0 amide bonds. The average Bonchev–Trinajstić information content (AvgIpc) is 3.12. The number of thiophene rings is 1. The Bertz CT molecular complexity index is 1300. The minimum atomic E-state index is -0.997. The number of hydrogen-bond acceptors (Lipinski definition) is 7. The lowest BCUT2D eigenvalue weighted by atomic mass is 10.1. The largest absolute Gasteiger partial charge is 0.491 e. The second kappa shape index (κ2) is 8.66. The minimum absolute atomic E-state index is 0.00728. The highest BCUT2D eigenvalue weighted by atomic mass is 32.1. The zero-order valence-corrected chi connectivity index (χ0v) is 17.4. The molecule has 158 valence electrons. The lowest BCUT2D eigenvalue weighted by molar-refractivity contribution is -0.384. The maximum atomic E-state index is 13.0. The smallest absolute Gasteiger partial charge is 0.273 e. The van der Waals surface area contributed by atoms with Gasteiger partial charge in [0.1, 0.15) is 23.3 Å². The molecule has 1 atom stereocenters. The Balaban J connectivity index is 1.53. The second-order valence-electron chi connectivity index (χ2n) is 7.02. The molecule has 0 saturated carbocycles. The molecule has 2 aromatic carbocycles. The van der Waals surface area contributed by atoms with Gasteiger partial charge in [0.05, 0.1) is 29.2 Å². The fourth-order valence-corrected chi connectivity index (χ4v) is 4.46. The van der Waals surface area contributed by atoms with Gasteiger partial charge in [-0.15, -0.1) is 11.3 Å². The number of aromatic nitrogens is 2. The molecule has 0 spiro atoms. The molecule has 1 unspecified atom stereocenters. The van der Waals surface area contributed by atoms with Crippen LogP contribution in [0.3, 0.4) is 0 Å². The van der Waals surface area contributed by atoms with E-state index in [1.54, 1.807) is 6.07 Å². The van der Waals surface area contributed by atoms with Crippen molar-refractivity contribution in [3.05, 3.63) is 87.0 Å². The van der Waals surface area contributed by atoms with Crippen molar-refractivity contribution >= 4 is 27.2 Å². The van der Waals surface area contributed by atoms with E-state index in [2.05, 4.69) is 4.98 Å². The van der Waals surface area contributed by atoms with E-state index in [1.807, 2.05) is 37.3 Å². The molecule has 4 aromatic rings. The maximum Gasteiger partial charge on any atom is 0.273 e. The van der Waals surface area contributed by atoms with Gasteiger partial charge in [-0.25, -0.2) is 4.98 Å². The van der Waals surface area contributed by atoms with Gasteiger partial charge >= 0.3 is 0 Å². The standard InChI is InChI=1S/C22H19N3O5S/c1-14-19-21(31-20(14)15-6-3-2-4-7-15)23-13-24(22(19)27)11-17(26)12-30-18-9-5-8-16(10-18)25(28)29/h2-10,13,17,26H,11-12H2,1H3. The van der Waals surface area contributed by atoms with Crippen LogP contribution in [-0.4, -0.2) is 32.3 Å². The van der Waals surface area contributed by atoms with Gasteiger partial charge in [0.2, 0.25) is 0 Å². The van der Waals surface area contributed by atoms with Gasteiger partial charge in [0.25, 0.3) is 11.2 Å². The minimum Gasteiger partial charge on any atom is -0.491 e. The van der Waals surface area contributed by atoms with Crippen molar-refractivity contribution < 1.29 is 14.8 Å². The molecule has 0 fully saturated rings. The third-order valence-electron chi connectivity index (χ3n) is 4.83. The number of aliphatic hydroxyl groups excluding tert-OH is 1. The Labute approximate surface area is 181 Å². The van der Waals surface area contributed by atoms with E-state index in [-0.39, 0.29) is 30.1 Å². The average molecular weight is 437 g/mol. The van der Waals surface area contributed by atoms with Crippen molar-refractivity contribution in [2.45, 2.75) is 19.6 Å². The molecule has 0 aliphatic heterocycles. The number of aliphatic hydroxyl groups is 1. The molecule has 0 aliphatic carbocycles. The van der Waals surface area contributed by atoms with Crippen LogP contribution < -0.4 is 10.3 Å². The summed E-state index contributed by atoms with van der Waals surface area (Å²) in [5, 5.41) is 21.7. The number of non-ortho nitro benzene ring substituents is 1. The molecule has 2 heterocycles. The van der Waals surface area contributed by atoms with Gasteiger partial charge in [0.15, 0.2) is 0 Å². The van der Waals surface area contributed by atoms with Crippen LogP contribution in [0, 0.1) is 17.0 Å². The number of hydrogen-bond donors (Lipinski definition) is 1. The predicted molar refractivity (Wildman–Crippen MR) is 119 cm³/mol. The van der Waals surface area contributed by atoms with E-state index >= 15 is 0 Å². The monoisotopic (exact) mass is 437 g/mol. The molecular formula is C22H19N3O5S. The fraction of sp³-hybridized carbons (Fsp3) is 0.182. The molecule has 9 heteroatoms. The van der Waals surface area contributed by atoms with Gasteiger partial charge in [-0.3, -0.25) is 19.5 Å². The number of fused-ring (bicyclic) bond motifs is 1. The number of rotatable bonds is 7. The molecular weight excluding hydrogens is 418 g/mol. The number of nitro groups is 1. The third-order valence-corrected chi connectivity index (χ3v) is 6.08. The Morgan fingerprint density at radius 1 is 1.23 bits per heavy atom. The van der Waals surface area contributed by atoms with Crippen molar-refractivity contribution in [3.8, 4) is 16.2 Å². The first kappa shape index (κ1) is 20.7. The number of aryl methyl sites for hydroxylation is 1. The van der Waals surface area contributed by atoms with Crippen molar-refractivity contribution in [1.29, 1.82) is 0 Å². The number of ether oxygens (including phenoxy) is 1. The summed E-state index contributed by atoms with van der Waals surface area (Å²) in [5.74, 6) is 0.273. The van der Waals surface area contributed by atoms with Crippen LogP contribution in [0.4, 0.5) is 5.69 Å². The first-order valence-electron chi connectivity index (χ1n) is 9.53. The SMILES string of the molecule is Cc1c(-c2ccccc2)sc2ncn(CC(O)COc3cccc([N+](=O)[O-])c3)c(=O)c12. The molecule has 0 bridgehead atoms. The second-order valence-corrected chi connectivity index (χ2v) is 8.02. The Kier molecular flexibility index (Phi) is 5.79. The highest BCUT2D eigenvalue weighted by Crippen LogP contribution is 2.35.